The van der Waals surface area contributed by atoms with E-state index >= 15 is 0 Å². The molecule has 0 saturated carbocycles. The molecule has 2 aliphatic heterocycles. The summed E-state index contributed by atoms with van der Waals surface area (Å²) >= 11 is 6.03. The maximum absolute atomic E-state index is 13.0. The normalized spacial score (nSPS) is 19.0. The van der Waals surface area contributed by atoms with Crippen LogP contribution in [-0.4, -0.2) is 41.2 Å². The lowest BCUT2D eigenvalue weighted by atomic mass is 9.80. The van der Waals surface area contributed by atoms with Gasteiger partial charge in [-0.2, -0.15) is 0 Å². The van der Waals surface area contributed by atoms with E-state index in [0.29, 0.717) is 36.5 Å². The van der Waals surface area contributed by atoms with Gasteiger partial charge in [-0.25, -0.2) is 0 Å². The highest BCUT2D eigenvalue weighted by Gasteiger charge is 2.39. The number of benzene rings is 2. The molecule has 0 aliphatic carbocycles. The zero-order valence-electron chi connectivity index (χ0n) is 17.2. The maximum Gasteiger partial charge on any atom is 0.573 e. The van der Waals surface area contributed by atoms with Gasteiger partial charge >= 0.3 is 6.36 Å². The van der Waals surface area contributed by atoms with Gasteiger partial charge in [0.15, 0.2) is 0 Å². The Morgan fingerprint density at radius 1 is 1.12 bits per heavy atom. The van der Waals surface area contributed by atoms with Gasteiger partial charge in [-0.15, -0.1) is 13.2 Å². The standard InChI is InChI=1S/C23H19ClF3N3O3/c24-13-4-5-14-17(10-13)29-21(31)20(14)12-6-8-30(9-7-12)22(32)18-11-15-16(28-18)2-1-3-19(15)33-23(25,26)27/h1-5,10-12,20,28H,6-9H2,(H,29,31). The van der Waals surface area contributed by atoms with Crippen LogP contribution in [0.25, 0.3) is 10.9 Å². The van der Waals surface area contributed by atoms with Crippen LogP contribution >= 0.6 is 11.6 Å². The van der Waals surface area contributed by atoms with Crippen molar-refractivity contribution in [1.82, 2.24) is 9.88 Å². The van der Waals surface area contributed by atoms with Gasteiger partial charge in [0.2, 0.25) is 5.91 Å². The van der Waals surface area contributed by atoms with E-state index in [2.05, 4.69) is 15.0 Å². The van der Waals surface area contributed by atoms with E-state index in [1.165, 1.54) is 18.2 Å². The summed E-state index contributed by atoms with van der Waals surface area (Å²) in [5.41, 5.74) is 2.22. The van der Waals surface area contributed by atoms with E-state index in [-0.39, 0.29) is 40.5 Å². The molecule has 2 amide bonds. The van der Waals surface area contributed by atoms with Crippen LogP contribution in [0, 0.1) is 5.92 Å². The number of fused-ring (bicyclic) bond motifs is 2. The number of amides is 2. The third kappa shape index (κ3) is 4.13. The summed E-state index contributed by atoms with van der Waals surface area (Å²) in [6.07, 6.45) is -3.56. The third-order valence-electron chi connectivity index (χ3n) is 6.27. The molecule has 172 valence electrons. The Bertz CT molecular complexity index is 1250. The molecule has 0 spiro atoms. The van der Waals surface area contributed by atoms with Crippen molar-refractivity contribution in [2.24, 2.45) is 5.92 Å². The van der Waals surface area contributed by atoms with Gasteiger partial charge in [-0.05, 0) is 54.7 Å². The second-order valence-corrected chi connectivity index (χ2v) is 8.71. The number of alkyl halides is 3. The zero-order chi connectivity index (χ0) is 23.3. The summed E-state index contributed by atoms with van der Waals surface area (Å²) in [5, 5.41) is 3.62. The quantitative estimate of drug-likeness (QED) is 0.537. The fourth-order valence-electron chi connectivity index (χ4n) is 4.79. The number of halogens is 4. The van der Waals surface area contributed by atoms with Crippen molar-refractivity contribution in [3.63, 3.8) is 0 Å². The Kier molecular flexibility index (Phi) is 5.23. The molecule has 3 aromatic rings. The molecule has 2 aromatic carbocycles. The number of H-pyrrole nitrogens is 1. The number of nitrogens with zero attached hydrogens (tertiary/aromatic N) is 1. The van der Waals surface area contributed by atoms with Gasteiger partial charge in [-0.3, -0.25) is 9.59 Å². The number of hydrogen-bond acceptors (Lipinski definition) is 3. The number of likely N-dealkylation sites (tertiary alicyclic amines) is 1. The molecule has 2 N–H and O–H groups in total. The van der Waals surface area contributed by atoms with Gasteiger partial charge in [0.25, 0.3) is 5.91 Å². The van der Waals surface area contributed by atoms with Gasteiger partial charge in [0.1, 0.15) is 11.4 Å². The lowest BCUT2D eigenvalue weighted by Crippen LogP contribution is -2.40. The molecular weight excluding hydrogens is 459 g/mol. The monoisotopic (exact) mass is 477 g/mol. The number of carbonyl (C=O) groups is 2. The fourth-order valence-corrected chi connectivity index (χ4v) is 4.96. The van der Waals surface area contributed by atoms with Gasteiger partial charge < -0.3 is 19.9 Å². The van der Waals surface area contributed by atoms with Crippen molar-refractivity contribution in [2.45, 2.75) is 25.1 Å². The highest BCUT2D eigenvalue weighted by atomic mass is 35.5. The molecule has 10 heteroatoms. The number of hydrogen-bond donors (Lipinski definition) is 2. The number of nitrogens with one attached hydrogen (secondary N) is 2. The first-order valence-electron chi connectivity index (χ1n) is 10.5. The van der Waals surface area contributed by atoms with Crippen LogP contribution in [0.3, 0.4) is 0 Å². The number of rotatable bonds is 3. The molecule has 1 atom stereocenters. The fraction of sp³-hybridized carbons (Fsp3) is 0.304. The SMILES string of the molecule is O=C1Nc2cc(Cl)ccc2C1C1CCN(C(=O)c2cc3c(OC(F)(F)F)cccc3[nH]2)CC1. The molecule has 33 heavy (non-hydrogen) atoms. The first-order chi connectivity index (χ1) is 15.7. The number of aromatic nitrogens is 1. The minimum absolute atomic E-state index is 0.0649. The average Bonchev–Trinajstić information content (AvgIpc) is 3.33. The summed E-state index contributed by atoms with van der Waals surface area (Å²) in [6.45, 7) is 0.884. The molecule has 6 nitrogen and oxygen atoms in total. The second kappa shape index (κ2) is 7.98. The van der Waals surface area contributed by atoms with Crippen LogP contribution in [-0.2, 0) is 4.79 Å². The van der Waals surface area contributed by atoms with Gasteiger partial charge in [0, 0.05) is 34.7 Å². The van der Waals surface area contributed by atoms with Crippen molar-refractivity contribution < 1.29 is 27.5 Å². The molecule has 0 bridgehead atoms. The molecule has 1 unspecified atom stereocenters. The van der Waals surface area contributed by atoms with Gasteiger partial charge in [-0.1, -0.05) is 23.7 Å². The van der Waals surface area contributed by atoms with Gasteiger partial charge in [0.05, 0.1) is 5.92 Å². The molecule has 5 rings (SSSR count). The largest absolute Gasteiger partial charge is 0.573 e. The predicted molar refractivity (Wildman–Crippen MR) is 116 cm³/mol. The number of anilines is 1. The molecular formula is C23H19ClF3N3O3. The zero-order valence-corrected chi connectivity index (χ0v) is 18.0. The number of aromatic amines is 1. The minimum Gasteiger partial charge on any atom is -0.405 e. The summed E-state index contributed by atoms with van der Waals surface area (Å²) in [4.78, 5) is 30.2. The number of ether oxygens (including phenoxy) is 1. The molecule has 3 heterocycles. The highest BCUT2D eigenvalue weighted by molar-refractivity contribution is 6.31. The van der Waals surface area contributed by atoms with Crippen molar-refractivity contribution in [3.8, 4) is 5.75 Å². The van der Waals surface area contributed by atoms with Crippen molar-refractivity contribution >= 4 is 40.0 Å². The minimum atomic E-state index is -4.83. The van der Waals surface area contributed by atoms with E-state index in [4.69, 9.17) is 11.6 Å². The first kappa shape index (κ1) is 21.6. The Labute approximate surface area is 191 Å². The number of carbonyl (C=O) groups excluding carboxylic acids is 2. The van der Waals surface area contributed by atoms with E-state index in [9.17, 15) is 22.8 Å². The molecule has 1 fully saturated rings. The van der Waals surface area contributed by atoms with Crippen molar-refractivity contribution in [1.29, 1.82) is 0 Å². The predicted octanol–water partition coefficient (Wildman–Crippen LogP) is 5.31. The third-order valence-corrected chi connectivity index (χ3v) is 6.50. The van der Waals surface area contributed by atoms with Crippen LogP contribution in [0.1, 0.15) is 34.8 Å². The molecule has 2 aliphatic rings. The Hall–Kier alpha value is -3.20. The Balaban J connectivity index is 1.30. The van der Waals surface area contributed by atoms with Crippen LogP contribution in [0.2, 0.25) is 5.02 Å². The van der Waals surface area contributed by atoms with Crippen LogP contribution in [0.5, 0.6) is 5.75 Å². The molecule has 1 aromatic heterocycles. The van der Waals surface area contributed by atoms with E-state index < -0.39 is 6.36 Å². The van der Waals surface area contributed by atoms with Crippen molar-refractivity contribution in [2.75, 3.05) is 18.4 Å². The second-order valence-electron chi connectivity index (χ2n) is 8.28. The summed E-state index contributed by atoms with van der Waals surface area (Å²) in [5.74, 6) is -0.939. The first-order valence-corrected chi connectivity index (χ1v) is 10.8. The summed E-state index contributed by atoms with van der Waals surface area (Å²) < 4.78 is 42.1. The topological polar surface area (TPSA) is 74.4 Å². The Morgan fingerprint density at radius 3 is 2.61 bits per heavy atom. The summed E-state index contributed by atoms with van der Waals surface area (Å²) in [6, 6.07) is 11.0. The average molecular weight is 478 g/mol. The lowest BCUT2D eigenvalue weighted by Gasteiger charge is -2.34. The number of piperidine rings is 1. The summed E-state index contributed by atoms with van der Waals surface area (Å²) in [7, 11) is 0. The molecule has 1 saturated heterocycles. The van der Waals surface area contributed by atoms with E-state index in [0.717, 1.165) is 11.3 Å². The van der Waals surface area contributed by atoms with Crippen LogP contribution in [0.4, 0.5) is 18.9 Å². The maximum atomic E-state index is 13.0. The van der Waals surface area contributed by atoms with Crippen LogP contribution < -0.4 is 10.1 Å². The van der Waals surface area contributed by atoms with E-state index in [1.807, 2.05) is 6.07 Å². The Morgan fingerprint density at radius 2 is 1.88 bits per heavy atom. The lowest BCUT2D eigenvalue weighted by molar-refractivity contribution is -0.274. The highest BCUT2D eigenvalue weighted by Crippen LogP contribution is 2.42. The van der Waals surface area contributed by atoms with Crippen molar-refractivity contribution in [3.05, 3.63) is 58.7 Å². The van der Waals surface area contributed by atoms with E-state index in [1.54, 1.807) is 23.1 Å². The van der Waals surface area contributed by atoms with Crippen LogP contribution in [0.15, 0.2) is 42.5 Å². The smallest absolute Gasteiger partial charge is 0.405 e. The molecule has 0 radical (unpaired) electrons.